The van der Waals surface area contributed by atoms with E-state index < -0.39 is 11.6 Å². The van der Waals surface area contributed by atoms with Crippen molar-refractivity contribution in [1.29, 1.82) is 5.26 Å². The van der Waals surface area contributed by atoms with Gasteiger partial charge in [-0.25, -0.2) is 18.7 Å². The first kappa shape index (κ1) is 21.8. The van der Waals surface area contributed by atoms with E-state index in [0.29, 0.717) is 28.9 Å². The second kappa shape index (κ2) is 7.77. The average molecular weight is 506 g/mol. The van der Waals surface area contributed by atoms with Crippen LogP contribution in [-0.2, 0) is 18.0 Å². The van der Waals surface area contributed by atoms with E-state index in [1.54, 1.807) is 6.20 Å². The number of halogens is 2. The molecule has 7 rings (SSSR count). The molecule has 2 saturated heterocycles. The van der Waals surface area contributed by atoms with Crippen LogP contribution >= 0.6 is 11.3 Å². The summed E-state index contributed by atoms with van der Waals surface area (Å²) in [4.78, 5) is 18.1. The van der Waals surface area contributed by atoms with Crippen LogP contribution in [0.25, 0.3) is 32.2 Å². The van der Waals surface area contributed by atoms with Crippen molar-refractivity contribution >= 4 is 43.3 Å². The Morgan fingerprint density at radius 1 is 1.19 bits per heavy atom. The van der Waals surface area contributed by atoms with Crippen LogP contribution in [0.5, 0.6) is 0 Å². The molecular formula is C25H21F2N7OS. The van der Waals surface area contributed by atoms with Gasteiger partial charge < -0.3 is 20.3 Å². The number of likely N-dealkylation sites (tertiary alicyclic amines) is 1. The molecule has 0 amide bonds. The van der Waals surface area contributed by atoms with E-state index in [-0.39, 0.29) is 50.6 Å². The van der Waals surface area contributed by atoms with Crippen LogP contribution in [0.3, 0.4) is 0 Å². The molecule has 36 heavy (non-hydrogen) atoms. The van der Waals surface area contributed by atoms with Crippen molar-refractivity contribution in [3.63, 3.8) is 0 Å². The topological polar surface area (TPSA) is 104 Å². The third-order valence-corrected chi connectivity index (χ3v) is 8.75. The Labute approximate surface area is 208 Å². The molecule has 0 bridgehead atoms. The van der Waals surface area contributed by atoms with Gasteiger partial charge in [0.1, 0.15) is 16.6 Å². The van der Waals surface area contributed by atoms with Gasteiger partial charge in [0, 0.05) is 48.2 Å². The molecule has 182 valence electrons. The van der Waals surface area contributed by atoms with Crippen molar-refractivity contribution in [2.45, 2.75) is 25.7 Å². The van der Waals surface area contributed by atoms with Crippen molar-refractivity contribution in [3.05, 3.63) is 40.7 Å². The quantitative estimate of drug-likeness (QED) is 0.439. The van der Waals surface area contributed by atoms with Gasteiger partial charge in [-0.1, -0.05) is 0 Å². The fourth-order valence-electron chi connectivity index (χ4n) is 6.10. The van der Waals surface area contributed by atoms with E-state index >= 15 is 4.39 Å². The van der Waals surface area contributed by atoms with E-state index in [9.17, 15) is 9.65 Å². The average Bonchev–Trinajstić information content (AvgIpc) is 3.63. The van der Waals surface area contributed by atoms with Crippen LogP contribution in [0.4, 0.5) is 19.7 Å². The zero-order chi connectivity index (χ0) is 24.7. The SMILES string of the molecule is CN1CC2CCN(c3ncc4c5c(c(-c6ncc(F)c7sc(N)c(C#N)c67)c(F)c4n3)COC5)C2C1. The summed E-state index contributed by atoms with van der Waals surface area (Å²) in [5.41, 5.74) is 8.05. The summed E-state index contributed by atoms with van der Waals surface area (Å²) < 4.78 is 37.0. The lowest BCUT2D eigenvalue weighted by atomic mass is 9.94. The van der Waals surface area contributed by atoms with Gasteiger partial charge in [0.2, 0.25) is 5.95 Å². The molecule has 3 aliphatic rings. The summed E-state index contributed by atoms with van der Waals surface area (Å²) in [5, 5.41) is 10.7. The fourth-order valence-corrected chi connectivity index (χ4v) is 7.02. The summed E-state index contributed by atoms with van der Waals surface area (Å²) in [5.74, 6) is -0.126. The molecule has 0 saturated carbocycles. The molecular weight excluding hydrogens is 484 g/mol. The molecule has 2 atom stereocenters. The second-order valence-corrected chi connectivity index (χ2v) is 10.8. The molecule has 8 nitrogen and oxygen atoms in total. The number of nitriles is 1. The highest BCUT2D eigenvalue weighted by atomic mass is 32.1. The molecule has 0 aliphatic carbocycles. The van der Waals surface area contributed by atoms with Crippen LogP contribution in [0.15, 0.2) is 12.4 Å². The summed E-state index contributed by atoms with van der Waals surface area (Å²) in [7, 11) is 2.11. The number of hydrogen-bond donors (Lipinski definition) is 1. The van der Waals surface area contributed by atoms with Gasteiger partial charge in [0.15, 0.2) is 11.6 Å². The van der Waals surface area contributed by atoms with E-state index in [0.717, 1.165) is 49.2 Å². The number of hydrogen-bond acceptors (Lipinski definition) is 9. The number of benzene rings is 1. The van der Waals surface area contributed by atoms with Crippen LogP contribution in [0.2, 0.25) is 0 Å². The predicted molar refractivity (Wildman–Crippen MR) is 132 cm³/mol. The number of ether oxygens (including phenoxy) is 1. The molecule has 0 radical (unpaired) electrons. The lowest BCUT2D eigenvalue weighted by molar-refractivity contribution is 0.135. The first-order chi connectivity index (χ1) is 17.5. The predicted octanol–water partition coefficient (Wildman–Crippen LogP) is 3.81. The van der Waals surface area contributed by atoms with Gasteiger partial charge in [0.25, 0.3) is 0 Å². The normalized spacial score (nSPS) is 21.4. The highest BCUT2D eigenvalue weighted by Gasteiger charge is 2.41. The maximum absolute atomic E-state index is 16.5. The molecule has 11 heteroatoms. The highest BCUT2D eigenvalue weighted by Crippen LogP contribution is 2.45. The van der Waals surface area contributed by atoms with Crippen molar-refractivity contribution in [1.82, 2.24) is 19.9 Å². The molecule has 3 aromatic heterocycles. The van der Waals surface area contributed by atoms with Gasteiger partial charge in [-0.15, -0.1) is 11.3 Å². The van der Waals surface area contributed by atoms with E-state index in [1.807, 2.05) is 6.07 Å². The van der Waals surface area contributed by atoms with Crippen molar-refractivity contribution in [2.24, 2.45) is 5.92 Å². The Hall–Kier alpha value is -3.46. The minimum atomic E-state index is -0.601. The standard InChI is InChI=1S/C25H21F2N7OS/c1-33-7-11-2-3-34(17(11)8-33)25-31-5-13-14-9-35-10-15(14)18(20(27)21(13)32-25)22-19-12(4-28)24(29)36-23(19)16(26)6-30-22/h5-6,11,17H,2-3,7-10,29H2,1H3. The van der Waals surface area contributed by atoms with Crippen LogP contribution < -0.4 is 10.6 Å². The fraction of sp³-hybridized carbons (Fsp3) is 0.360. The molecule has 3 aliphatic heterocycles. The summed E-state index contributed by atoms with van der Waals surface area (Å²) in [6.07, 6.45) is 3.78. The number of anilines is 2. The number of likely N-dealkylation sites (N-methyl/N-ethyl adjacent to an activating group) is 1. The zero-order valence-corrected chi connectivity index (χ0v) is 20.2. The summed E-state index contributed by atoms with van der Waals surface area (Å²) in [6, 6.07) is 2.34. The van der Waals surface area contributed by atoms with E-state index in [2.05, 4.69) is 26.8 Å². The van der Waals surface area contributed by atoms with Crippen molar-refractivity contribution in [3.8, 4) is 17.3 Å². The lowest BCUT2D eigenvalue weighted by Crippen LogP contribution is -2.35. The zero-order valence-electron chi connectivity index (χ0n) is 19.4. The van der Waals surface area contributed by atoms with Crippen LogP contribution in [-0.4, -0.2) is 52.6 Å². The summed E-state index contributed by atoms with van der Waals surface area (Å²) in [6.45, 7) is 3.24. The molecule has 2 fully saturated rings. The smallest absolute Gasteiger partial charge is 0.226 e. The maximum atomic E-state index is 16.5. The molecule has 6 heterocycles. The Balaban J connectivity index is 1.48. The third-order valence-electron chi connectivity index (χ3n) is 7.72. The van der Waals surface area contributed by atoms with Crippen LogP contribution in [0, 0.1) is 28.9 Å². The largest absolute Gasteiger partial charge is 0.389 e. The summed E-state index contributed by atoms with van der Waals surface area (Å²) >= 11 is 0.960. The lowest BCUT2D eigenvalue weighted by Gasteiger charge is -2.24. The Bertz CT molecular complexity index is 1630. The number of nitrogen functional groups attached to an aromatic ring is 1. The number of nitrogens with two attached hydrogens (primary N) is 1. The minimum Gasteiger partial charge on any atom is -0.389 e. The molecule has 4 aromatic rings. The van der Waals surface area contributed by atoms with Crippen molar-refractivity contribution in [2.75, 3.05) is 37.3 Å². The molecule has 1 aromatic carbocycles. The highest BCUT2D eigenvalue weighted by molar-refractivity contribution is 7.23. The molecule has 2 unspecified atom stereocenters. The Morgan fingerprint density at radius 2 is 2.03 bits per heavy atom. The number of aromatic nitrogens is 3. The maximum Gasteiger partial charge on any atom is 0.226 e. The van der Waals surface area contributed by atoms with E-state index in [4.69, 9.17) is 15.5 Å². The minimum absolute atomic E-state index is 0.0981. The number of nitrogens with zero attached hydrogens (tertiary/aromatic N) is 6. The number of rotatable bonds is 2. The van der Waals surface area contributed by atoms with Gasteiger partial charge in [-0.2, -0.15) is 5.26 Å². The second-order valence-electron chi connectivity index (χ2n) is 9.71. The number of thiophene rings is 1. The third kappa shape index (κ3) is 2.92. The van der Waals surface area contributed by atoms with Gasteiger partial charge in [0.05, 0.1) is 35.4 Å². The first-order valence-electron chi connectivity index (χ1n) is 11.8. The van der Waals surface area contributed by atoms with E-state index in [1.165, 1.54) is 0 Å². The Morgan fingerprint density at radius 3 is 2.86 bits per heavy atom. The van der Waals surface area contributed by atoms with Gasteiger partial charge in [-0.05, 0) is 30.5 Å². The van der Waals surface area contributed by atoms with Crippen LogP contribution in [0.1, 0.15) is 23.1 Å². The van der Waals surface area contributed by atoms with Gasteiger partial charge >= 0.3 is 0 Å². The van der Waals surface area contributed by atoms with Crippen molar-refractivity contribution < 1.29 is 13.5 Å². The van der Waals surface area contributed by atoms with Gasteiger partial charge in [-0.3, -0.25) is 4.98 Å². The Kier molecular flexibility index (Phi) is 4.70. The molecule has 2 N–H and O–H groups in total. The monoisotopic (exact) mass is 505 g/mol. The number of pyridine rings is 1. The molecule has 0 spiro atoms. The number of fused-ring (bicyclic) bond motifs is 5. The first-order valence-corrected chi connectivity index (χ1v) is 12.6.